The number of benzene rings is 1. The molecule has 16 heavy (non-hydrogen) atoms. The third-order valence-corrected chi connectivity index (χ3v) is 2.87. The van der Waals surface area contributed by atoms with Crippen molar-refractivity contribution >= 4 is 10.9 Å². The molecule has 2 heteroatoms. The highest BCUT2D eigenvalue weighted by Gasteiger charge is 2.10. The SMILES string of the molecule is CC(C)n1cc(CN(C)C)c2ccccc21. The Bertz CT molecular complexity index is 480. The van der Waals surface area contributed by atoms with Crippen molar-refractivity contribution in [2.24, 2.45) is 0 Å². The Labute approximate surface area is 97.5 Å². The Morgan fingerprint density at radius 1 is 1.19 bits per heavy atom. The van der Waals surface area contributed by atoms with Crippen LogP contribution in [0, 0.1) is 0 Å². The van der Waals surface area contributed by atoms with Crippen LogP contribution in [0.2, 0.25) is 0 Å². The molecular formula is C14H20N2. The monoisotopic (exact) mass is 216 g/mol. The molecule has 1 heterocycles. The van der Waals surface area contributed by atoms with Crippen molar-refractivity contribution in [2.45, 2.75) is 26.4 Å². The molecule has 2 nitrogen and oxygen atoms in total. The summed E-state index contributed by atoms with van der Waals surface area (Å²) in [6, 6.07) is 9.16. The van der Waals surface area contributed by atoms with Crippen LogP contribution in [0.1, 0.15) is 25.5 Å². The second kappa shape index (κ2) is 4.30. The van der Waals surface area contributed by atoms with Gasteiger partial charge in [-0.3, -0.25) is 0 Å². The first-order valence-corrected chi connectivity index (χ1v) is 5.82. The van der Waals surface area contributed by atoms with Crippen LogP contribution in [0.5, 0.6) is 0 Å². The maximum absolute atomic E-state index is 2.36. The lowest BCUT2D eigenvalue weighted by molar-refractivity contribution is 0.403. The minimum absolute atomic E-state index is 0.515. The van der Waals surface area contributed by atoms with Crippen molar-refractivity contribution < 1.29 is 0 Å². The van der Waals surface area contributed by atoms with Gasteiger partial charge in [0.25, 0.3) is 0 Å². The van der Waals surface area contributed by atoms with E-state index in [1.807, 2.05) is 0 Å². The normalized spacial score (nSPS) is 11.9. The number of hydrogen-bond donors (Lipinski definition) is 0. The first-order chi connectivity index (χ1) is 7.59. The fourth-order valence-electron chi connectivity index (χ4n) is 2.17. The largest absolute Gasteiger partial charge is 0.345 e. The second-order valence-corrected chi connectivity index (χ2v) is 4.91. The van der Waals surface area contributed by atoms with Crippen molar-refractivity contribution in [3.8, 4) is 0 Å². The lowest BCUT2D eigenvalue weighted by atomic mass is 10.2. The van der Waals surface area contributed by atoms with Crippen LogP contribution < -0.4 is 0 Å². The molecule has 0 saturated carbocycles. The van der Waals surface area contributed by atoms with E-state index < -0.39 is 0 Å². The van der Waals surface area contributed by atoms with Crippen molar-refractivity contribution in [1.29, 1.82) is 0 Å². The predicted octanol–water partition coefficient (Wildman–Crippen LogP) is 3.28. The average molecular weight is 216 g/mol. The number of para-hydroxylation sites is 1. The van der Waals surface area contributed by atoms with Crippen LogP contribution in [0.3, 0.4) is 0 Å². The van der Waals surface area contributed by atoms with Gasteiger partial charge in [-0.25, -0.2) is 0 Å². The van der Waals surface area contributed by atoms with Gasteiger partial charge < -0.3 is 9.47 Å². The minimum Gasteiger partial charge on any atom is -0.345 e. The van der Waals surface area contributed by atoms with Crippen LogP contribution in [0.4, 0.5) is 0 Å². The summed E-state index contributed by atoms with van der Waals surface area (Å²) in [6.45, 7) is 5.46. The Hall–Kier alpha value is -1.28. The molecular weight excluding hydrogens is 196 g/mol. The van der Waals surface area contributed by atoms with Crippen LogP contribution in [0.25, 0.3) is 10.9 Å². The van der Waals surface area contributed by atoms with E-state index in [1.165, 1.54) is 16.5 Å². The zero-order valence-electron chi connectivity index (χ0n) is 10.6. The molecule has 0 radical (unpaired) electrons. The summed E-state index contributed by atoms with van der Waals surface area (Å²) in [4.78, 5) is 2.21. The van der Waals surface area contributed by atoms with E-state index >= 15 is 0 Å². The summed E-state index contributed by atoms with van der Waals surface area (Å²) < 4.78 is 2.36. The molecule has 0 aliphatic rings. The predicted molar refractivity (Wildman–Crippen MR) is 69.7 cm³/mol. The zero-order valence-corrected chi connectivity index (χ0v) is 10.6. The summed E-state index contributed by atoms with van der Waals surface area (Å²) in [6.07, 6.45) is 2.29. The van der Waals surface area contributed by atoms with Crippen molar-refractivity contribution in [3.05, 3.63) is 36.0 Å². The van der Waals surface area contributed by atoms with Gasteiger partial charge in [0, 0.05) is 29.7 Å². The van der Waals surface area contributed by atoms with Crippen LogP contribution in [-0.2, 0) is 6.54 Å². The number of fused-ring (bicyclic) bond motifs is 1. The Kier molecular flexibility index (Phi) is 3.01. The highest BCUT2D eigenvalue weighted by molar-refractivity contribution is 5.84. The summed E-state index contributed by atoms with van der Waals surface area (Å²) in [5, 5.41) is 1.38. The van der Waals surface area contributed by atoms with E-state index in [1.54, 1.807) is 0 Å². The molecule has 0 aliphatic carbocycles. The molecule has 0 spiro atoms. The molecule has 0 aliphatic heterocycles. The van der Waals surface area contributed by atoms with E-state index in [-0.39, 0.29) is 0 Å². The smallest absolute Gasteiger partial charge is 0.0486 e. The molecule has 2 rings (SSSR count). The quantitative estimate of drug-likeness (QED) is 0.764. The van der Waals surface area contributed by atoms with Crippen LogP contribution in [-0.4, -0.2) is 23.6 Å². The summed E-state index contributed by atoms with van der Waals surface area (Å²) in [5.74, 6) is 0. The van der Waals surface area contributed by atoms with Gasteiger partial charge in [-0.05, 0) is 39.6 Å². The molecule has 1 aromatic heterocycles. The third kappa shape index (κ3) is 1.98. The molecule has 0 saturated heterocycles. The summed E-state index contributed by atoms with van der Waals surface area (Å²) in [5.41, 5.74) is 2.75. The molecule has 0 atom stereocenters. The van der Waals surface area contributed by atoms with E-state index in [0.717, 1.165) is 6.54 Å². The lowest BCUT2D eigenvalue weighted by Gasteiger charge is -2.09. The topological polar surface area (TPSA) is 8.17 Å². The van der Waals surface area contributed by atoms with Crippen molar-refractivity contribution in [3.63, 3.8) is 0 Å². The average Bonchev–Trinajstić information content (AvgIpc) is 2.57. The first-order valence-electron chi connectivity index (χ1n) is 5.82. The van der Waals surface area contributed by atoms with Crippen molar-refractivity contribution in [1.82, 2.24) is 9.47 Å². The van der Waals surface area contributed by atoms with Crippen LogP contribution in [0.15, 0.2) is 30.5 Å². The fourth-order valence-corrected chi connectivity index (χ4v) is 2.17. The Balaban J connectivity index is 2.57. The standard InChI is InChI=1S/C14H20N2/c1-11(2)16-10-12(9-15(3)4)13-7-5-6-8-14(13)16/h5-8,10-11H,9H2,1-4H3. The third-order valence-electron chi connectivity index (χ3n) is 2.87. The molecule has 1 aromatic carbocycles. The minimum atomic E-state index is 0.515. The van der Waals surface area contributed by atoms with Gasteiger partial charge in [-0.15, -0.1) is 0 Å². The van der Waals surface area contributed by atoms with Crippen LogP contribution >= 0.6 is 0 Å². The summed E-state index contributed by atoms with van der Waals surface area (Å²) in [7, 11) is 4.23. The number of hydrogen-bond acceptors (Lipinski definition) is 1. The van der Waals surface area contributed by atoms with E-state index in [0.29, 0.717) is 6.04 Å². The maximum Gasteiger partial charge on any atom is 0.0486 e. The molecule has 0 bridgehead atoms. The number of rotatable bonds is 3. The molecule has 0 amide bonds. The molecule has 0 N–H and O–H groups in total. The highest BCUT2D eigenvalue weighted by Crippen LogP contribution is 2.25. The summed E-state index contributed by atoms with van der Waals surface area (Å²) >= 11 is 0. The number of aromatic nitrogens is 1. The van der Waals surface area contributed by atoms with Gasteiger partial charge >= 0.3 is 0 Å². The van der Waals surface area contributed by atoms with E-state index in [9.17, 15) is 0 Å². The first kappa shape index (κ1) is 11.2. The Morgan fingerprint density at radius 2 is 1.88 bits per heavy atom. The van der Waals surface area contributed by atoms with Crippen molar-refractivity contribution in [2.75, 3.05) is 14.1 Å². The number of nitrogens with zero attached hydrogens (tertiary/aromatic N) is 2. The van der Waals surface area contributed by atoms with Gasteiger partial charge in [0.2, 0.25) is 0 Å². The van der Waals surface area contributed by atoms with E-state index in [2.05, 4.69) is 67.9 Å². The van der Waals surface area contributed by atoms with Gasteiger partial charge in [0.1, 0.15) is 0 Å². The second-order valence-electron chi connectivity index (χ2n) is 4.91. The maximum atomic E-state index is 2.36. The van der Waals surface area contributed by atoms with Gasteiger partial charge in [-0.1, -0.05) is 18.2 Å². The van der Waals surface area contributed by atoms with Gasteiger partial charge in [0.05, 0.1) is 0 Å². The fraction of sp³-hybridized carbons (Fsp3) is 0.429. The molecule has 0 unspecified atom stereocenters. The Morgan fingerprint density at radius 3 is 2.50 bits per heavy atom. The highest BCUT2D eigenvalue weighted by atomic mass is 15.1. The van der Waals surface area contributed by atoms with Gasteiger partial charge in [0.15, 0.2) is 0 Å². The van der Waals surface area contributed by atoms with Gasteiger partial charge in [-0.2, -0.15) is 0 Å². The molecule has 2 aromatic rings. The zero-order chi connectivity index (χ0) is 11.7. The lowest BCUT2D eigenvalue weighted by Crippen LogP contribution is -2.10. The molecule has 0 fully saturated rings. The van der Waals surface area contributed by atoms with E-state index in [4.69, 9.17) is 0 Å². The molecule has 86 valence electrons.